The number of hydrogen-bond donors (Lipinski definition) is 1. The van der Waals surface area contributed by atoms with Crippen LogP contribution in [0.5, 0.6) is 5.75 Å². The van der Waals surface area contributed by atoms with Crippen molar-refractivity contribution < 1.29 is 9.53 Å². The van der Waals surface area contributed by atoms with Gasteiger partial charge in [0.25, 0.3) is 5.91 Å². The molecular formula is C22H17Cl2N3O2S. The van der Waals surface area contributed by atoms with Crippen molar-refractivity contribution in [3.8, 4) is 5.75 Å². The number of para-hydroxylation sites is 1. The SMILES string of the molecule is O=C(Nc1cccc(Cn2cc(Cl)cn2)c1)c1cc(COc2ccccc2Cl)cs1. The number of aromatic nitrogens is 2. The van der Waals surface area contributed by atoms with Gasteiger partial charge in [0, 0.05) is 17.4 Å². The summed E-state index contributed by atoms with van der Waals surface area (Å²) in [5.41, 5.74) is 2.64. The number of ether oxygens (including phenoxy) is 1. The molecule has 0 unspecified atom stereocenters. The number of anilines is 1. The Labute approximate surface area is 187 Å². The third-order valence-electron chi connectivity index (χ3n) is 4.24. The zero-order chi connectivity index (χ0) is 20.9. The lowest BCUT2D eigenvalue weighted by molar-refractivity contribution is 0.103. The fraction of sp³-hybridized carbons (Fsp3) is 0.0909. The maximum Gasteiger partial charge on any atom is 0.265 e. The van der Waals surface area contributed by atoms with Crippen LogP contribution in [-0.2, 0) is 13.2 Å². The molecule has 0 aliphatic rings. The highest BCUT2D eigenvalue weighted by Crippen LogP contribution is 2.25. The van der Waals surface area contributed by atoms with Gasteiger partial charge in [-0.2, -0.15) is 5.10 Å². The third kappa shape index (κ3) is 5.21. The number of hydrogen-bond acceptors (Lipinski definition) is 4. The molecule has 2 heterocycles. The average molecular weight is 458 g/mol. The standard InChI is InChI=1S/C22H17Cl2N3O2S/c23-17-10-25-27(12-17)11-15-4-3-5-18(8-15)26-22(28)21-9-16(14-30-21)13-29-20-7-2-1-6-19(20)24/h1-10,12,14H,11,13H2,(H,26,28). The highest BCUT2D eigenvalue weighted by Gasteiger charge is 2.11. The summed E-state index contributed by atoms with van der Waals surface area (Å²) in [5.74, 6) is 0.454. The fourth-order valence-electron chi connectivity index (χ4n) is 2.85. The van der Waals surface area contributed by atoms with E-state index in [2.05, 4.69) is 10.4 Å². The van der Waals surface area contributed by atoms with Gasteiger partial charge in [0.05, 0.1) is 27.7 Å². The Morgan fingerprint density at radius 2 is 1.97 bits per heavy atom. The van der Waals surface area contributed by atoms with E-state index in [0.29, 0.717) is 33.8 Å². The zero-order valence-corrected chi connectivity index (χ0v) is 18.0. The molecule has 0 bridgehead atoms. The maximum absolute atomic E-state index is 12.6. The Bertz CT molecular complexity index is 1170. The quantitative estimate of drug-likeness (QED) is 0.363. The minimum atomic E-state index is -0.164. The molecule has 2 aromatic carbocycles. The monoisotopic (exact) mass is 457 g/mol. The number of carbonyl (C=O) groups excluding carboxylic acids is 1. The molecule has 1 N–H and O–H groups in total. The number of benzene rings is 2. The molecule has 1 amide bonds. The second kappa shape index (κ2) is 9.34. The number of halogens is 2. The minimum absolute atomic E-state index is 0.164. The third-order valence-corrected chi connectivity index (χ3v) is 5.72. The maximum atomic E-state index is 12.6. The van der Waals surface area contributed by atoms with Crippen molar-refractivity contribution in [2.45, 2.75) is 13.2 Å². The van der Waals surface area contributed by atoms with Crippen molar-refractivity contribution in [3.63, 3.8) is 0 Å². The number of nitrogens with one attached hydrogen (secondary N) is 1. The largest absolute Gasteiger partial charge is 0.487 e. The van der Waals surface area contributed by atoms with Crippen molar-refractivity contribution >= 4 is 46.1 Å². The molecule has 0 atom stereocenters. The van der Waals surface area contributed by atoms with E-state index in [9.17, 15) is 4.79 Å². The van der Waals surface area contributed by atoms with Gasteiger partial charge < -0.3 is 10.1 Å². The summed E-state index contributed by atoms with van der Waals surface area (Å²) < 4.78 is 7.48. The fourth-order valence-corrected chi connectivity index (χ4v) is 3.98. The first-order chi connectivity index (χ1) is 14.6. The molecule has 2 aromatic heterocycles. The minimum Gasteiger partial charge on any atom is -0.487 e. The number of thiophene rings is 1. The summed E-state index contributed by atoms with van der Waals surface area (Å²) in [5, 5.41) is 10.2. The average Bonchev–Trinajstić information content (AvgIpc) is 3.37. The van der Waals surface area contributed by atoms with E-state index in [1.54, 1.807) is 23.1 Å². The predicted molar refractivity (Wildman–Crippen MR) is 121 cm³/mol. The lowest BCUT2D eigenvalue weighted by atomic mass is 10.2. The molecule has 0 aliphatic carbocycles. The van der Waals surface area contributed by atoms with Crippen LogP contribution in [-0.4, -0.2) is 15.7 Å². The zero-order valence-electron chi connectivity index (χ0n) is 15.7. The van der Waals surface area contributed by atoms with Crippen molar-refractivity contribution in [3.05, 3.63) is 98.4 Å². The Morgan fingerprint density at radius 3 is 2.77 bits per heavy atom. The molecule has 5 nitrogen and oxygen atoms in total. The number of carbonyl (C=O) groups is 1. The lowest BCUT2D eigenvalue weighted by Gasteiger charge is -2.07. The van der Waals surface area contributed by atoms with Gasteiger partial charge in [0.15, 0.2) is 0 Å². The van der Waals surface area contributed by atoms with Crippen LogP contribution in [0.2, 0.25) is 10.0 Å². The molecule has 0 radical (unpaired) electrons. The summed E-state index contributed by atoms with van der Waals surface area (Å²) in [6, 6.07) is 16.8. The van der Waals surface area contributed by atoms with Crippen LogP contribution in [0.15, 0.2) is 72.4 Å². The van der Waals surface area contributed by atoms with Crippen molar-refractivity contribution in [1.29, 1.82) is 0 Å². The molecule has 152 valence electrons. The number of nitrogens with zero attached hydrogens (tertiary/aromatic N) is 2. The van der Waals surface area contributed by atoms with Gasteiger partial charge in [-0.1, -0.05) is 47.5 Å². The second-order valence-corrected chi connectivity index (χ2v) is 8.30. The normalized spacial score (nSPS) is 10.7. The predicted octanol–water partition coefficient (Wildman–Crippen LogP) is 6.13. The molecule has 4 aromatic rings. The summed E-state index contributed by atoms with van der Waals surface area (Å²) in [4.78, 5) is 13.2. The first kappa shape index (κ1) is 20.5. The number of amides is 1. The van der Waals surface area contributed by atoms with Crippen LogP contribution in [0.25, 0.3) is 0 Å². The highest BCUT2D eigenvalue weighted by atomic mass is 35.5. The molecular weight excluding hydrogens is 441 g/mol. The van der Waals surface area contributed by atoms with E-state index in [1.165, 1.54) is 11.3 Å². The van der Waals surface area contributed by atoms with Crippen molar-refractivity contribution in [1.82, 2.24) is 9.78 Å². The van der Waals surface area contributed by atoms with E-state index in [1.807, 2.05) is 53.9 Å². The summed E-state index contributed by atoms with van der Waals surface area (Å²) >= 11 is 13.4. The van der Waals surface area contributed by atoms with E-state index in [-0.39, 0.29) is 5.91 Å². The van der Waals surface area contributed by atoms with Gasteiger partial charge in [-0.15, -0.1) is 11.3 Å². The molecule has 0 aliphatic heterocycles. The molecule has 0 saturated heterocycles. The summed E-state index contributed by atoms with van der Waals surface area (Å²) in [7, 11) is 0. The van der Waals surface area contributed by atoms with Crippen molar-refractivity contribution in [2.75, 3.05) is 5.32 Å². The summed E-state index contributed by atoms with van der Waals surface area (Å²) in [6.07, 6.45) is 3.35. The molecule has 0 spiro atoms. The van der Waals surface area contributed by atoms with E-state index in [0.717, 1.165) is 16.8 Å². The van der Waals surface area contributed by atoms with Gasteiger partial charge in [0.2, 0.25) is 0 Å². The summed E-state index contributed by atoms with van der Waals surface area (Å²) in [6.45, 7) is 0.911. The van der Waals surface area contributed by atoms with Crippen LogP contribution in [0.1, 0.15) is 20.8 Å². The van der Waals surface area contributed by atoms with Crippen LogP contribution in [0, 0.1) is 0 Å². The van der Waals surface area contributed by atoms with Crippen molar-refractivity contribution in [2.24, 2.45) is 0 Å². The van der Waals surface area contributed by atoms with Gasteiger partial charge in [-0.05, 0) is 41.3 Å². The van der Waals surface area contributed by atoms with E-state index >= 15 is 0 Å². The Balaban J connectivity index is 1.37. The van der Waals surface area contributed by atoms with Gasteiger partial charge in [-0.3, -0.25) is 9.48 Å². The van der Waals surface area contributed by atoms with Gasteiger partial charge in [-0.25, -0.2) is 0 Å². The van der Waals surface area contributed by atoms with Gasteiger partial charge >= 0.3 is 0 Å². The topological polar surface area (TPSA) is 56.2 Å². The van der Waals surface area contributed by atoms with E-state index in [4.69, 9.17) is 27.9 Å². The molecule has 4 rings (SSSR count). The first-order valence-corrected chi connectivity index (χ1v) is 10.7. The smallest absolute Gasteiger partial charge is 0.265 e. The Hall–Kier alpha value is -2.80. The van der Waals surface area contributed by atoms with Crippen LogP contribution >= 0.6 is 34.5 Å². The van der Waals surface area contributed by atoms with Crippen LogP contribution in [0.4, 0.5) is 5.69 Å². The van der Waals surface area contributed by atoms with Crippen LogP contribution < -0.4 is 10.1 Å². The van der Waals surface area contributed by atoms with Crippen LogP contribution in [0.3, 0.4) is 0 Å². The van der Waals surface area contributed by atoms with Gasteiger partial charge in [0.1, 0.15) is 12.4 Å². The Morgan fingerprint density at radius 1 is 1.10 bits per heavy atom. The Kier molecular flexibility index (Phi) is 6.38. The highest BCUT2D eigenvalue weighted by molar-refractivity contribution is 7.12. The van der Waals surface area contributed by atoms with E-state index < -0.39 is 0 Å². The molecule has 0 saturated carbocycles. The molecule has 8 heteroatoms. The number of rotatable bonds is 7. The molecule has 30 heavy (non-hydrogen) atoms. The second-order valence-electron chi connectivity index (χ2n) is 6.55. The molecule has 0 fully saturated rings. The first-order valence-electron chi connectivity index (χ1n) is 9.10. The lowest BCUT2D eigenvalue weighted by Crippen LogP contribution is -2.10.